The van der Waals surface area contributed by atoms with Crippen molar-refractivity contribution in [2.24, 2.45) is 0 Å². The van der Waals surface area contributed by atoms with E-state index >= 15 is 0 Å². The lowest BCUT2D eigenvalue weighted by Crippen LogP contribution is -2.30. The van der Waals surface area contributed by atoms with E-state index in [1.54, 1.807) is 19.1 Å². The second-order valence-corrected chi connectivity index (χ2v) is 6.38. The maximum atomic E-state index is 12.5. The van der Waals surface area contributed by atoms with E-state index in [1.807, 2.05) is 62.4 Å². The molecule has 1 unspecified atom stereocenters. The fraction of sp³-hybridized carbons (Fsp3) is 0.182. The molecule has 0 spiro atoms. The van der Waals surface area contributed by atoms with Crippen molar-refractivity contribution < 1.29 is 14.3 Å². The van der Waals surface area contributed by atoms with Crippen LogP contribution in [0, 0.1) is 13.8 Å². The van der Waals surface area contributed by atoms with E-state index in [9.17, 15) is 9.59 Å². The molecule has 132 valence electrons. The summed E-state index contributed by atoms with van der Waals surface area (Å²) in [4.78, 5) is 25.0. The fourth-order valence-electron chi connectivity index (χ4n) is 2.79. The average molecular weight is 347 g/mol. The molecule has 1 atom stereocenters. The molecule has 0 bridgehead atoms. The maximum Gasteiger partial charge on any atom is 0.339 e. The molecule has 1 amide bonds. The fourth-order valence-corrected chi connectivity index (χ4v) is 2.79. The summed E-state index contributed by atoms with van der Waals surface area (Å²) in [6.45, 7) is 5.45. The summed E-state index contributed by atoms with van der Waals surface area (Å²) in [6, 6.07) is 18.9. The quantitative estimate of drug-likeness (QED) is 0.700. The Kier molecular flexibility index (Phi) is 5.03. The average Bonchev–Trinajstić information content (AvgIpc) is 2.64. The van der Waals surface area contributed by atoms with Crippen molar-refractivity contribution in [3.63, 3.8) is 0 Å². The van der Waals surface area contributed by atoms with Crippen LogP contribution in [-0.2, 0) is 9.53 Å². The highest BCUT2D eigenvalue weighted by molar-refractivity contribution is 6.05. The van der Waals surface area contributed by atoms with Gasteiger partial charge in [-0.25, -0.2) is 4.79 Å². The molecule has 0 aliphatic rings. The van der Waals surface area contributed by atoms with Crippen molar-refractivity contribution >= 4 is 28.3 Å². The van der Waals surface area contributed by atoms with Crippen LogP contribution in [0.15, 0.2) is 60.7 Å². The zero-order valence-electron chi connectivity index (χ0n) is 15.1. The number of hydrogen-bond donors (Lipinski definition) is 1. The number of carbonyl (C=O) groups is 2. The smallest absolute Gasteiger partial charge is 0.339 e. The Labute approximate surface area is 152 Å². The van der Waals surface area contributed by atoms with Gasteiger partial charge >= 0.3 is 5.97 Å². The molecule has 1 N–H and O–H groups in total. The van der Waals surface area contributed by atoms with E-state index in [1.165, 1.54) is 0 Å². The van der Waals surface area contributed by atoms with Crippen LogP contribution in [0.2, 0.25) is 0 Å². The molecule has 3 rings (SSSR count). The largest absolute Gasteiger partial charge is 0.449 e. The Bertz CT molecular complexity index is 973. The highest BCUT2D eigenvalue weighted by Gasteiger charge is 2.20. The molecule has 4 heteroatoms. The molecule has 26 heavy (non-hydrogen) atoms. The number of esters is 1. The van der Waals surface area contributed by atoms with Crippen LogP contribution in [0.1, 0.15) is 28.4 Å². The number of rotatable bonds is 4. The highest BCUT2D eigenvalue weighted by Crippen LogP contribution is 2.20. The second kappa shape index (κ2) is 7.40. The van der Waals surface area contributed by atoms with Gasteiger partial charge in [-0.2, -0.15) is 0 Å². The number of carbonyl (C=O) groups excluding carboxylic acids is 2. The van der Waals surface area contributed by atoms with Gasteiger partial charge in [0, 0.05) is 5.69 Å². The van der Waals surface area contributed by atoms with Crippen molar-refractivity contribution in [3.05, 3.63) is 77.4 Å². The lowest BCUT2D eigenvalue weighted by molar-refractivity contribution is -0.123. The normalized spacial score (nSPS) is 11.8. The third-order valence-electron chi connectivity index (χ3n) is 4.31. The van der Waals surface area contributed by atoms with Crippen LogP contribution >= 0.6 is 0 Å². The first kappa shape index (κ1) is 17.7. The summed E-state index contributed by atoms with van der Waals surface area (Å²) in [5.41, 5.74) is 3.18. The van der Waals surface area contributed by atoms with Crippen LogP contribution < -0.4 is 5.32 Å². The third kappa shape index (κ3) is 3.75. The van der Waals surface area contributed by atoms with E-state index in [0.29, 0.717) is 5.56 Å². The Hall–Kier alpha value is -3.14. The summed E-state index contributed by atoms with van der Waals surface area (Å²) < 4.78 is 5.40. The first-order valence-corrected chi connectivity index (χ1v) is 8.52. The van der Waals surface area contributed by atoms with Crippen LogP contribution in [0.4, 0.5) is 5.69 Å². The number of fused-ring (bicyclic) bond motifs is 1. The second-order valence-electron chi connectivity index (χ2n) is 6.38. The Morgan fingerprint density at radius 1 is 0.962 bits per heavy atom. The zero-order chi connectivity index (χ0) is 18.7. The number of amides is 1. The molecule has 0 fully saturated rings. The zero-order valence-corrected chi connectivity index (χ0v) is 15.1. The van der Waals surface area contributed by atoms with E-state index < -0.39 is 12.1 Å². The minimum absolute atomic E-state index is 0.354. The predicted octanol–water partition coefficient (Wildman–Crippen LogP) is 4.64. The van der Waals surface area contributed by atoms with Crippen molar-refractivity contribution in [2.45, 2.75) is 26.9 Å². The SMILES string of the molecule is Cc1ccc(C)c(NC(=O)C(C)OC(=O)c2cccc3ccccc23)c1. The van der Waals surface area contributed by atoms with Crippen LogP contribution in [0.3, 0.4) is 0 Å². The first-order valence-electron chi connectivity index (χ1n) is 8.52. The van der Waals surface area contributed by atoms with Crippen LogP contribution in [-0.4, -0.2) is 18.0 Å². The maximum absolute atomic E-state index is 12.5. The minimum Gasteiger partial charge on any atom is -0.449 e. The molecular formula is C22H21NO3. The number of anilines is 1. The third-order valence-corrected chi connectivity index (χ3v) is 4.31. The molecule has 0 heterocycles. The number of ether oxygens (including phenoxy) is 1. The molecule has 4 nitrogen and oxygen atoms in total. The van der Waals surface area contributed by atoms with Gasteiger partial charge in [-0.1, -0.05) is 48.5 Å². The molecular weight excluding hydrogens is 326 g/mol. The van der Waals surface area contributed by atoms with Crippen LogP contribution in [0.5, 0.6) is 0 Å². The topological polar surface area (TPSA) is 55.4 Å². The minimum atomic E-state index is -0.901. The Morgan fingerprint density at radius 2 is 1.69 bits per heavy atom. The summed E-state index contributed by atoms with van der Waals surface area (Å²) >= 11 is 0. The standard InChI is InChI=1S/C22H21NO3/c1-14-11-12-15(2)20(13-14)23-21(24)16(3)26-22(25)19-10-6-8-17-7-4-5-9-18(17)19/h4-13,16H,1-3H3,(H,23,24). The van der Waals surface area contributed by atoms with Gasteiger partial charge in [0.1, 0.15) is 0 Å². The van der Waals surface area contributed by atoms with Gasteiger partial charge in [0.2, 0.25) is 0 Å². The number of benzene rings is 3. The van der Waals surface area contributed by atoms with Gasteiger partial charge in [-0.05, 0) is 54.8 Å². The summed E-state index contributed by atoms with van der Waals surface area (Å²) in [6.07, 6.45) is -0.901. The summed E-state index contributed by atoms with van der Waals surface area (Å²) in [5, 5.41) is 4.59. The monoisotopic (exact) mass is 347 g/mol. The van der Waals surface area contributed by atoms with Gasteiger partial charge < -0.3 is 10.1 Å². The number of hydrogen-bond acceptors (Lipinski definition) is 3. The highest BCUT2D eigenvalue weighted by atomic mass is 16.5. The van der Waals surface area contributed by atoms with Gasteiger partial charge in [-0.3, -0.25) is 4.79 Å². The number of nitrogens with one attached hydrogen (secondary N) is 1. The van der Waals surface area contributed by atoms with Crippen molar-refractivity contribution in [3.8, 4) is 0 Å². The van der Waals surface area contributed by atoms with Crippen molar-refractivity contribution in [2.75, 3.05) is 5.32 Å². The van der Waals surface area contributed by atoms with Gasteiger partial charge in [0.05, 0.1) is 5.56 Å². The summed E-state index contributed by atoms with van der Waals surface area (Å²) in [7, 11) is 0. The van der Waals surface area contributed by atoms with E-state index in [4.69, 9.17) is 4.74 Å². The molecule has 0 saturated carbocycles. The van der Waals surface area contributed by atoms with E-state index in [2.05, 4.69) is 5.32 Å². The first-order chi connectivity index (χ1) is 12.5. The van der Waals surface area contributed by atoms with E-state index in [0.717, 1.165) is 27.6 Å². The van der Waals surface area contributed by atoms with Crippen molar-refractivity contribution in [1.29, 1.82) is 0 Å². The molecule has 3 aromatic carbocycles. The summed E-state index contributed by atoms with van der Waals surface area (Å²) in [5.74, 6) is -0.863. The van der Waals surface area contributed by atoms with Crippen molar-refractivity contribution in [1.82, 2.24) is 0 Å². The van der Waals surface area contributed by atoms with Gasteiger partial charge in [-0.15, -0.1) is 0 Å². The molecule has 0 aromatic heterocycles. The van der Waals surface area contributed by atoms with E-state index in [-0.39, 0.29) is 5.91 Å². The lowest BCUT2D eigenvalue weighted by Gasteiger charge is -2.15. The van der Waals surface area contributed by atoms with Crippen LogP contribution in [0.25, 0.3) is 10.8 Å². The number of aryl methyl sites for hydroxylation is 2. The molecule has 0 radical (unpaired) electrons. The van der Waals surface area contributed by atoms with Gasteiger partial charge in [0.15, 0.2) is 6.10 Å². The predicted molar refractivity (Wildman–Crippen MR) is 103 cm³/mol. The molecule has 0 saturated heterocycles. The molecule has 3 aromatic rings. The Balaban J connectivity index is 1.74. The molecule has 0 aliphatic heterocycles. The van der Waals surface area contributed by atoms with Gasteiger partial charge in [0.25, 0.3) is 5.91 Å². The Morgan fingerprint density at radius 3 is 2.50 bits per heavy atom. The molecule has 0 aliphatic carbocycles. The lowest BCUT2D eigenvalue weighted by atomic mass is 10.0.